The standard InChI is InChI=1S/C12H23N3O3/c1-4-5-9(14-11(13)17)10(16)15-6-7-18-12(2,3)8-15/h9H,4-8H2,1-3H3,(H3,13,14,17). The van der Waals surface area contributed by atoms with Crippen LogP contribution in [0.3, 0.4) is 0 Å². The van der Waals surface area contributed by atoms with Crippen molar-refractivity contribution >= 4 is 11.9 Å². The molecule has 1 fully saturated rings. The molecule has 6 heteroatoms. The van der Waals surface area contributed by atoms with Crippen LogP contribution >= 0.6 is 0 Å². The maximum atomic E-state index is 12.3. The van der Waals surface area contributed by atoms with Gasteiger partial charge in [0, 0.05) is 13.1 Å². The first-order valence-corrected chi connectivity index (χ1v) is 6.34. The summed E-state index contributed by atoms with van der Waals surface area (Å²) in [6.07, 6.45) is 1.41. The molecule has 1 atom stereocenters. The second-order valence-corrected chi connectivity index (χ2v) is 5.22. The van der Waals surface area contributed by atoms with E-state index >= 15 is 0 Å². The Morgan fingerprint density at radius 2 is 2.17 bits per heavy atom. The number of morpholine rings is 1. The number of hydrogen-bond acceptors (Lipinski definition) is 3. The third-order valence-corrected chi connectivity index (χ3v) is 2.93. The predicted octanol–water partition coefficient (Wildman–Crippen LogP) is 0.461. The largest absolute Gasteiger partial charge is 0.372 e. The van der Waals surface area contributed by atoms with Crippen molar-refractivity contribution in [2.24, 2.45) is 5.73 Å². The van der Waals surface area contributed by atoms with E-state index in [0.717, 1.165) is 6.42 Å². The Balaban J connectivity index is 2.66. The van der Waals surface area contributed by atoms with Gasteiger partial charge in [-0.2, -0.15) is 0 Å². The molecule has 3 N–H and O–H groups in total. The second-order valence-electron chi connectivity index (χ2n) is 5.22. The van der Waals surface area contributed by atoms with Crippen LogP contribution in [0.15, 0.2) is 0 Å². The van der Waals surface area contributed by atoms with Crippen LogP contribution in [0.1, 0.15) is 33.6 Å². The van der Waals surface area contributed by atoms with Crippen LogP contribution < -0.4 is 11.1 Å². The summed E-state index contributed by atoms with van der Waals surface area (Å²) in [4.78, 5) is 25.0. The Labute approximate surface area is 108 Å². The van der Waals surface area contributed by atoms with Gasteiger partial charge in [0.05, 0.1) is 12.2 Å². The van der Waals surface area contributed by atoms with Crippen LogP contribution in [0.25, 0.3) is 0 Å². The topological polar surface area (TPSA) is 84.7 Å². The summed E-state index contributed by atoms with van der Waals surface area (Å²) in [5.41, 5.74) is 4.76. The molecule has 1 rings (SSSR count). The van der Waals surface area contributed by atoms with Gasteiger partial charge < -0.3 is 20.7 Å². The summed E-state index contributed by atoms with van der Waals surface area (Å²) >= 11 is 0. The highest BCUT2D eigenvalue weighted by Gasteiger charge is 2.33. The van der Waals surface area contributed by atoms with E-state index in [1.807, 2.05) is 20.8 Å². The van der Waals surface area contributed by atoms with Gasteiger partial charge >= 0.3 is 6.03 Å². The van der Waals surface area contributed by atoms with Crippen molar-refractivity contribution < 1.29 is 14.3 Å². The molecule has 1 saturated heterocycles. The van der Waals surface area contributed by atoms with Crippen molar-refractivity contribution in [1.29, 1.82) is 0 Å². The minimum absolute atomic E-state index is 0.0768. The molecular formula is C12H23N3O3. The second kappa shape index (κ2) is 6.04. The number of hydrogen-bond donors (Lipinski definition) is 2. The fourth-order valence-corrected chi connectivity index (χ4v) is 2.14. The van der Waals surface area contributed by atoms with E-state index < -0.39 is 12.1 Å². The van der Waals surface area contributed by atoms with Crippen molar-refractivity contribution in [2.45, 2.75) is 45.3 Å². The average Bonchev–Trinajstić information content (AvgIpc) is 2.25. The Kier molecular flexibility index (Phi) is 4.95. The van der Waals surface area contributed by atoms with E-state index in [-0.39, 0.29) is 11.5 Å². The van der Waals surface area contributed by atoms with Crippen molar-refractivity contribution in [3.63, 3.8) is 0 Å². The van der Waals surface area contributed by atoms with E-state index in [0.29, 0.717) is 26.1 Å². The molecule has 1 unspecified atom stereocenters. The van der Waals surface area contributed by atoms with Crippen LogP contribution in [-0.2, 0) is 9.53 Å². The number of nitrogens with two attached hydrogens (primary N) is 1. The molecule has 104 valence electrons. The quantitative estimate of drug-likeness (QED) is 0.767. The first-order valence-electron chi connectivity index (χ1n) is 6.34. The molecule has 0 aromatic heterocycles. The minimum atomic E-state index is -0.658. The molecule has 18 heavy (non-hydrogen) atoms. The van der Waals surface area contributed by atoms with Gasteiger partial charge in [-0.1, -0.05) is 13.3 Å². The van der Waals surface area contributed by atoms with Gasteiger partial charge in [-0.05, 0) is 20.3 Å². The summed E-state index contributed by atoms with van der Waals surface area (Å²) < 4.78 is 5.56. The van der Waals surface area contributed by atoms with Crippen molar-refractivity contribution in [1.82, 2.24) is 10.2 Å². The highest BCUT2D eigenvalue weighted by Crippen LogP contribution is 2.17. The van der Waals surface area contributed by atoms with E-state index in [4.69, 9.17) is 10.5 Å². The van der Waals surface area contributed by atoms with Crippen LogP contribution in [0.5, 0.6) is 0 Å². The lowest BCUT2D eigenvalue weighted by molar-refractivity contribution is -0.148. The molecule has 0 radical (unpaired) electrons. The van der Waals surface area contributed by atoms with E-state index in [9.17, 15) is 9.59 Å². The molecule has 0 aromatic carbocycles. The van der Waals surface area contributed by atoms with Crippen LogP contribution in [0.2, 0.25) is 0 Å². The monoisotopic (exact) mass is 257 g/mol. The lowest BCUT2D eigenvalue weighted by Crippen LogP contribution is -2.56. The molecule has 1 aliphatic heterocycles. The number of primary amides is 1. The molecule has 1 aliphatic rings. The van der Waals surface area contributed by atoms with Crippen molar-refractivity contribution in [3.05, 3.63) is 0 Å². The molecule has 0 aliphatic carbocycles. The molecule has 6 nitrogen and oxygen atoms in total. The maximum Gasteiger partial charge on any atom is 0.312 e. The van der Waals surface area contributed by atoms with Gasteiger partial charge in [0.15, 0.2) is 0 Å². The number of urea groups is 1. The Bertz CT molecular complexity index is 318. The number of carbonyl (C=O) groups is 2. The highest BCUT2D eigenvalue weighted by atomic mass is 16.5. The van der Waals surface area contributed by atoms with E-state index in [2.05, 4.69) is 5.32 Å². The van der Waals surface area contributed by atoms with Gasteiger partial charge in [-0.15, -0.1) is 0 Å². The normalized spacial score (nSPS) is 20.3. The Morgan fingerprint density at radius 3 is 2.67 bits per heavy atom. The fourth-order valence-electron chi connectivity index (χ4n) is 2.14. The summed E-state index contributed by atoms with van der Waals surface area (Å²) in [7, 11) is 0. The third-order valence-electron chi connectivity index (χ3n) is 2.93. The smallest absolute Gasteiger partial charge is 0.312 e. The molecule has 1 heterocycles. The Morgan fingerprint density at radius 1 is 1.50 bits per heavy atom. The Hall–Kier alpha value is -1.30. The predicted molar refractivity (Wildman–Crippen MR) is 68.0 cm³/mol. The lowest BCUT2D eigenvalue weighted by atomic mass is 10.1. The molecule has 0 saturated carbocycles. The van der Waals surface area contributed by atoms with E-state index in [1.54, 1.807) is 4.90 Å². The molecule has 0 aromatic rings. The minimum Gasteiger partial charge on any atom is -0.372 e. The van der Waals surface area contributed by atoms with Gasteiger partial charge in [-0.25, -0.2) is 4.79 Å². The maximum absolute atomic E-state index is 12.3. The van der Waals surface area contributed by atoms with Crippen LogP contribution in [0, 0.1) is 0 Å². The summed E-state index contributed by atoms with van der Waals surface area (Å²) in [5, 5.41) is 2.51. The number of ether oxygens (including phenoxy) is 1. The number of carbonyl (C=O) groups excluding carboxylic acids is 2. The zero-order valence-electron chi connectivity index (χ0n) is 11.4. The van der Waals surface area contributed by atoms with Crippen LogP contribution in [-0.4, -0.2) is 48.2 Å². The summed E-state index contributed by atoms with van der Waals surface area (Å²) in [6.45, 7) is 7.47. The van der Waals surface area contributed by atoms with Crippen molar-refractivity contribution in [3.8, 4) is 0 Å². The van der Waals surface area contributed by atoms with Gasteiger partial charge in [0.2, 0.25) is 5.91 Å². The number of amides is 3. The molecular weight excluding hydrogens is 234 g/mol. The zero-order valence-corrected chi connectivity index (χ0v) is 11.4. The van der Waals surface area contributed by atoms with Crippen molar-refractivity contribution in [2.75, 3.05) is 19.7 Å². The first kappa shape index (κ1) is 14.8. The molecule has 0 bridgehead atoms. The van der Waals surface area contributed by atoms with Gasteiger partial charge in [0.1, 0.15) is 6.04 Å². The van der Waals surface area contributed by atoms with Crippen LogP contribution in [0.4, 0.5) is 4.79 Å². The van der Waals surface area contributed by atoms with Gasteiger partial charge in [-0.3, -0.25) is 4.79 Å². The summed E-state index contributed by atoms with van der Waals surface area (Å²) in [6, 6.07) is -1.18. The molecule has 3 amide bonds. The van der Waals surface area contributed by atoms with E-state index in [1.165, 1.54) is 0 Å². The zero-order chi connectivity index (χ0) is 13.8. The third kappa shape index (κ3) is 4.18. The number of nitrogens with zero attached hydrogens (tertiary/aromatic N) is 1. The average molecular weight is 257 g/mol. The lowest BCUT2D eigenvalue weighted by Gasteiger charge is -2.39. The number of nitrogens with one attached hydrogen (secondary N) is 1. The summed E-state index contributed by atoms with van der Waals surface area (Å²) in [5.74, 6) is -0.0768. The SMILES string of the molecule is CCCC(NC(N)=O)C(=O)N1CCOC(C)(C)C1. The molecule has 0 spiro atoms. The highest BCUT2D eigenvalue weighted by molar-refractivity contribution is 5.86. The fraction of sp³-hybridized carbons (Fsp3) is 0.833. The first-order chi connectivity index (χ1) is 8.35. The number of rotatable bonds is 4. The van der Waals surface area contributed by atoms with Gasteiger partial charge in [0.25, 0.3) is 0 Å².